The van der Waals surface area contributed by atoms with Gasteiger partial charge < -0.3 is 34.6 Å². The molecule has 5 N–H and O–H groups in total. The standard InChI is InChI=1S/C22H31NO17S/c1-14(2-4-16(25)26)40-22(12-38-20(33)8-6-18(29)30,13-39-21(34)9-7-19(31)32)23(10-11-41(35,36)37)15(24)3-5-17(27)28/h1-13H2,(H,25,26)(H,27,28)(H,29,30)(H,31,32)(H,35,36,37). The fraction of sp³-hybridized carbons (Fsp3) is 0.591. The van der Waals surface area contributed by atoms with Crippen molar-refractivity contribution in [2.45, 2.75) is 57.1 Å². The van der Waals surface area contributed by atoms with Gasteiger partial charge in [0.25, 0.3) is 15.8 Å². The van der Waals surface area contributed by atoms with Crippen molar-refractivity contribution in [1.82, 2.24) is 4.90 Å². The lowest BCUT2D eigenvalue weighted by Crippen LogP contribution is -2.61. The van der Waals surface area contributed by atoms with Crippen molar-refractivity contribution in [1.29, 1.82) is 0 Å². The van der Waals surface area contributed by atoms with Crippen LogP contribution in [-0.4, -0.2) is 111 Å². The maximum Gasteiger partial charge on any atom is 0.306 e. The summed E-state index contributed by atoms with van der Waals surface area (Å²) in [7, 11) is -4.80. The summed E-state index contributed by atoms with van der Waals surface area (Å²) >= 11 is 0. The first-order chi connectivity index (χ1) is 18.9. The van der Waals surface area contributed by atoms with Crippen LogP contribution in [0.3, 0.4) is 0 Å². The monoisotopic (exact) mass is 613 g/mol. The zero-order valence-corrected chi connectivity index (χ0v) is 22.5. The molecular formula is C22H31NO17S. The highest BCUT2D eigenvalue weighted by molar-refractivity contribution is 7.85. The average molecular weight is 614 g/mol. The number of esters is 2. The minimum absolute atomic E-state index is 0.418. The number of carbonyl (C=O) groups is 7. The fourth-order valence-electron chi connectivity index (χ4n) is 2.94. The molecule has 232 valence electrons. The van der Waals surface area contributed by atoms with Crippen molar-refractivity contribution in [2.24, 2.45) is 0 Å². The molecule has 0 unspecified atom stereocenters. The molecule has 0 saturated heterocycles. The SMILES string of the molecule is C=C(CCC(=O)O)OC(COC(=O)CCC(=O)O)(COC(=O)CCC(=O)O)N(CCS(=O)(=O)O)C(=O)CCC(=O)O. The topological polar surface area (TPSA) is 286 Å². The number of carbonyl (C=O) groups excluding carboxylic acids is 3. The molecular weight excluding hydrogens is 582 g/mol. The van der Waals surface area contributed by atoms with Gasteiger partial charge in [0.1, 0.15) is 0 Å². The average Bonchev–Trinajstić information content (AvgIpc) is 2.84. The highest BCUT2D eigenvalue weighted by atomic mass is 32.2. The van der Waals surface area contributed by atoms with Crippen LogP contribution in [0.5, 0.6) is 0 Å². The number of hydrogen-bond donors (Lipinski definition) is 5. The lowest BCUT2D eigenvalue weighted by molar-refractivity contribution is -0.207. The van der Waals surface area contributed by atoms with Crippen LogP contribution in [-0.2, 0) is 57.9 Å². The van der Waals surface area contributed by atoms with Gasteiger partial charge in [-0.25, -0.2) is 0 Å². The van der Waals surface area contributed by atoms with E-state index in [0.717, 1.165) is 0 Å². The molecule has 0 aromatic heterocycles. The van der Waals surface area contributed by atoms with E-state index in [1.54, 1.807) is 0 Å². The van der Waals surface area contributed by atoms with E-state index in [9.17, 15) is 46.5 Å². The summed E-state index contributed by atoms with van der Waals surface area (Å²) in [4.78, 5) is 81.7. The lowest BCUT2D eigenvalue weighted by Gasteiger charge is -2.43. The van der Waals surface area contributed by atoms with Crippen LogP contribution < -0.4 is 0 Å². The van der Waals surface area contributed by atoms with Crippen LogP contribution in [0.15, 0.2) is 12.3 Å². The fourth-order valence-corrected chi connectivity index (χ4v) is 3.35. The molecule has 0 rings (SSSR count). The zero-order valence-electron chi connectivity index (χ0n) is 21.7. The van der Waals surface area contributed by atoms with Gasteiger partial charge in [0.15, 0.2) is 13.2 Å². The summed E-state index contributed by atoms with van der Waals surface area (Å²) < 4.78 is 47.9. The Balaban J connectivity index is 6.68. The van der Waals surface area contributed by atoms with E-state index >= 15 is 0 Å². The van der Waals surface area contributed by atoms with E-state index in [0.29, 0.717) is 4.90 Å². The Hall–Kier alpha value is -4.26. The third kappa shape index (κ3) is 17.1. The van der Waals surface area contributed by atoms with E-state index in [-0.39, 0.29) is 0 Å². The second-order valence-corrected chi connectivity index (χ2v) is 9.89. The Morgan fingerprint density at radius 1 is 0.659 bits per heavy atom. The molecule has 0 radical (unpaired) electrons. The summed E-state index contributed by atoms with van der Waals surface area (Å²) in [5, 5.41) is 35.5. The summed E-state index contributed by atoms with van der Waals surface area (Å²) in [6.45, 7) is 0.284. The number of rotatable bonds is 22. The smallest absolute Gasteiger partial charge is 0.306 e. The normalized spacial score (nSPS) is 11.1. The quantitative estimate of drug-likeness (QED) is 0.0444. The summed E-state index contributed by atoms with van der Waals surface area (Å²) in [5.41, 5.74) is -2.56. The molecule has 18 nitrogen and oxygen atoms in total. The van der Waals surface area contributed by atoms with Crippen molar-refractivity contribution < 1.29 is 81.2 Å². The predicted molar refractivity (Wildman–Crippen MR) is 130 cm³/mol. The molecule has 0 heterocycles. The molecule has 0 aromatic rings. The Kier molecular flexibility index (Phi) is 15.6. The zero-order chi connectivity index (χ0) is 31.8. The van der Waals surface area contributed by atoms with Crippen LogP contribution in [0.25, 0.3) is 0 Å². The largest absolute Gasteiger partial charge is 0.481 e. The van der Waals surface area contributed by atoms with Crippen molar-refractivity contribution in [3.05, 3.63) is 12.3 Å². The molecule has 0 aromatic carbocycles. The van der Waals surface area contributed by atoms with Crippen molar-refractivity contribution >= 4 is 51.8 Å². The van der Waals surface area contributed by atoms with Gasteiger partial charge in [0.05, 0.1) is 50.0 Å². The van der Waals surface area contributed by atoms with E-state index in [1.807, 2.05) is 0 Å². The minimum Gasteiger partial charge on any atom is -0.481 e. The first kappa shape index (κ1) is 36.7. The van der Waals surface area contributed by atoms with Gasteiger partial charge in [-0.3, -0.25) is 43.0 Å². The van der Waals surface area contributed by atoms with E-state index in [1.165, 1.54) is 0 Å². The first-order valence-corrected chi connectivity index (χ1v) is 13.3. The molecule has 41 heavy (non-hydrogen) atoms. The van der Waals surface area contributed by atoms with Crippen LogP contribution in [0, 0.1) is 0 Å². The van der Waals surface area contributed by atoms with Crippen molar-refractivity contribution in [3.8, 4) is 0 Å². The first-order valence-electron chi connectivity index (χ1n) is 11.7. The van der Waals surface area contributed by atoms with E-state index < -0.39 is 140 Å². The lowest BCUT2D eigenvalue weighted by atomic mass is 10.1. The highest BCUT2D eigenvalue weighted by Gasteiger charge is 2.46. The van der Waals surface area contributed by atoms with Crippen molar-refractivity contribution in [3.63, 3.8) is 0 Å². The maximum atomic E-state index is 13.1. The second kappa shape index (κ2) is 17.4. The van der Waals surface area contributed by atoms with Gasteiger partial charge in [-0.2, -0.15) is 8.42 Å². The molecule has 19 heteroatoms. The molecule has 1 amide bonds. The Bertz CT molecular complexity index is 1080. The summed E-state index contributed by atoms with van der Waals surface area (Å²) in [5.74, 6) is -10.7. The Morgan fingerprint density at radius 3 is 1.44 bits per heavy atom. The molecule has 0 aliphatic carbocycles. The van der Waals surface area contributed by atoms with Gasteiger partial charge in [0, 0.05) is 19.4 Å². The van der Waals surface area contributed by atoms with Crippen LogP contribution >= 0.6 is 0 Å². The highest BCUT2D eigenvalue weighted by Crippen LogP contribution is 2.27. The van der Waals surface area contributed by atoms with Crippen LogP contribution in [0.2, 0.25) is 0 Å². The summed E-state index contributed by atoms with van der Waals surface area (Å²) in [6, 6.07) is 0. The van der Waals surface area contributed by atoms with Gasteiger partial charge >= 0.3 is 35.8 Å². The second-order valence-electron chi connectivity index (χ2n) is 8.31. The van der Waals surface area contributed by atoms with E-state index in [2.05, 4.69) is 6.58 Å². The molecule has 0 aliphatic rings. The maximum absolute atomic E-state index is 13.1. The third-order valence-electron chi connectivity index (χ3n) is 4.87. The molecule has 0 aliphatic heterocycles. The van der Waals surface area contributed by atoms with Crippen LogP contribution in [0.1, 0.15) is 51.4 Å². The number of nitrogens with zero attached hydrogens (tertiary/aromatic N) is 1. The number of aliphatic carboxylic acids is 4. The van der Waals surface area contributed by atoms with Gasteiger partial charge in [0.2, 0.25) is 5.91 Å². The number of hydrogen-bond acceptors (Lipinski definition) is 12. The molecule has 0 saturated carbocycles. The van der Waals surface area contributed by atoms with Crippen LogP contribution in [0.4, 0.5) is 0 Å². The number of carboxylic acid groups (broad SMARTS) is 4. The predicted octanol–water partition coefficient (Wildman–Crippen LogP) is -0.525. The molecule has 0 fully saturated rings. The number of amides is 1. The number of allylic oxidation sites excluding steroid dienone is 1. The van der Waals surface area contributed by atoms with Gasteiger partial charge in [-0.15, -0.1) is 0 Å². The molecule has 0 spiro atoms. The third-order valence-corrected chi connectivity index (χ3v) is 5.57. The minimum atomic E-state index is -4.80. The number of ether oxygens (including phenoxy) is 3. The number of carboxylic acids is 4. The van der Waals surface area contributed by atoms with Crippen molar-refractivity contribution in [2.75, 3.05) is 25.5 Å². The van der Waals surface area contributed by atoms with E-state index in [4.69, 9.17) is 34.6 Å². The Labute approximate surface area is 233 Å². The molecule has 0 bridgehead atoms. The molecule has 0 atom stereocenters. The Morgan fingerprint density at radius 2 is 1.05 bits per heavy atom. The summed E-state index contributed by atoms with van der Waals surface area (Å²) in [6.07, 6.45) is -5.39. The van der Waals surface area contributed by atoms with Gasteiger partial charge in [-0.1, -0.05) is 6.58 Å². The van der Waals surface area contributed by atoms with Gasteiger partial charge in [-0.05, 0) is 0 Å².